The van der Waals surface area contributed by atoms with Crippen LogP contribution in [0.4, 0.5) is 26.3 Å². The van der Waals surface area contributed by atoms with Crippen LogP contribution < -0.4 is 0 Å². The van der Waals surface area contributed by atoms with Crippen molar-refractivity contribution in [2.45, 2.75) is 6.92 Å². The Morgan fingerprint density at radius 2 is 1.30 bits per heavy atom. The normalized spacial score (nSPS) is 15.1. The number of hydrogen-bond donors (Lipinski definition) is 0. The van der Waals surface area contributed by atoms with Gasteiger partial charge in [-0.2, -0.15) is 0 Å². The molecular formula is C15H8F6S2. The summed E-state index contributed by atoms with van der Waals surface area (Å²) in [4.78, 5) is 0.0258. The van der Waals surface area contributed by atoms with Crippen molar-refractivity contribution in [3.63, 3.8) is 0 Å². The molecule has 122 valence electrons. The molecule has 8 heteroatoms. The maximum Gasteiger partial charge on any atom is 0.200 e. The highest BCUT2D eigenvalue weighted by Gasteiger charge is 2.25. The van der Waals surface area contributed by atoms with Gasteiger partial charge in [-0.15, -0.1) is 22.7 Å². The van der Waals surface area contributed by atoms with Crippen LogP contribution in [0.5, 0.6) is 0 Å². The van der Waals surface area contributed by atoms with Crippen molar-refractivity contribution in [3.05, 3.63) is 67.6 Å². The molecule has 0 unspecified atom stereocenters. The maximum absolute atomic E-state index is 13.7. The van der Waals surface area contributed by atoms with Crippen LogP contribution in [-0.4, -0.2) is 0 Å². The summed E-state index contributed by atoms with van der Waals surface area (Å²) in [5.41, 5.74) is 0. The fourth-order valence-electron chi connectivity index (χ4n) is 1.56. The van der Waals surface area contributed by atoms with Crippen LogP contribution in [0.1, 0.15) is 14.6 Å². The molecule has 0 spiro atoms. The first-order valence-corrected chi connectivity index (χ1v) is 7.79. The van der Waals surface area contributed by atoms with Gasteiger partial charge in [0.1, 0.15) is 0 Å². The van der Waals surface area contributed by atoms with Gasteiger partial charge in [0.15, 0.2) is 23.3 Å². The quantitative estimate of drug-likeness (QED) is 0.397. The summed E-state index contributed by atoms with van der Waals surface area (Å²) in [5.74, 6) is -12.7. The summed E-state index contributed by atoms with van der Waals surface area (Å²) in [7, 11) is 0. The Morgan fingerprint density at radius 1 is 0.739 bits per heavy atom. The van der Waals surface area contributed by atoms with Crippen LogP contribution in [0.2, 0.25) is 0 Å². The third kappa shape index (κ3) is 3.76. The zero-order chi connectivity index (χ0) is 17.1. The number of halogens is 6. The van der Waals surface area contributed by atoms with E-state index < -0.39 is 35.0 Å². The van der Waals surface area contributed by atoms with E-state index in [0.717, 1.165) is 28.7 Å². The average Bonchev–Trinajstić information content (AvgIpc) is 3.22. The lowest BCUT2D eigenvalue weighted by Crippen LogP contribution is -1.89. The van der Waals surface area contributed by atoms with Crippen molar-refractivity contribution in [3.8, 4) is 0 Å². The molecule has 0 atom stereocenters. The summed E-state index contributed by atoms with van der Waals surface area (Å²) in [6.07, 6.45) is 0. The van der Waals surface area contributed by atoms with Crippen LogP contribution in [0.3, 0.4) is 0 Å². The summed E-state index contributed by atoms with van der Waals surface area (Å²) < 4.78 is 81.7. The van der Waals surface area contributed by atoms with E-state index in [-0.39, 0.29) is 9.75 Å². The lowest BCUT2D eigenvalue weighted by atomic mass is 10.2. The van der Waals surface area contributed by atoms with Gasteiger partial charge in [-0.05, 0) is 30.5 Å². The van der Waals surface area contributed by atoms with Gasteiger partial charge in [-0.3, -0.25) is 0 Å². The summed E-state index contributed by atoms with van der Waals surface area (Å²) >= 11 is 1.54. The molecule has 0 aliphatic rings. The molecule has 2 aromatic rings. The SMILES string of the molecule is Cc1ccc(\C(F)=C(F)/C(F)=C(F)/C(F)=C(\F)c2cccs2)s1. The van der Waals surface area contributed by atoms with Gasteiger partial charge in [0, 0.05) is 4.88 Å². The second-order valence-corrected chi connectivity index (χ2v) is 6.51. The lowest BCUT2D eigenvalue weighted by molar-refractivity contribution is 0.461. The van der Waals surface area contributed by atoms with Crippen LogP contribution >= 0.6 is 22.7 Å². The molecule has 0 aromatic carbocycles. The van der Waals surface area contributed by atoms with Crippen molar-refractivity contribution in [1.82, 2.24) is 0 Å². The minimum Gasteiger partial charge on any atom is -0.202 e. The van der Waals surface area contributed by atoms with Crippen molar-refractivity contribution in [2.24, 2.45) is 0 Å². The smallest absolute Gasteiger partial charge is 0.200 e. The molecule has 0 amide bonds. The van der Waals surface area contributed by atoms with Crippen molar-refractivity contribution in [1.29, 1.82) is 0 Å². The van der Waals surface area contributed by atoms with Gasteiger partial charge in [0.2, 0.25) is 11.7 Å². The van der Waals surface area contributed by atoms with Gasteiger partial charge in [0.25, 0.3) is 0 Å². The van der Waals surface area contributed by atoms with E-state index in [1.807, 2.05) is 0 Å². The van der Waals surface area contributed by atoms with Crippen molar-refractivity contribution < 1.29 is 26.3 Å². The van der Waals surface area contributed by atoms with Crippen molar-refractivity contribution >= 4 is 34.3 Å². The third-order valence-electron chi connectivity index (χ3n) is 2.66. The molecule has 0 saturated heterocycles. The summed E-state index contributed by atoms with van der Waals surface area (Å²) in [6, 6.07) is 5.11. The zero-order valence-corrected chi connectivity index (χ0v) is 13.1. The van der Waals surface area contributed by atoms with E-state index in [2.05, 4.69) is 0 Å². The molecule has 2 aromatic heterocycles. The fourth-order valence-corrected chi connectivity index (χ4v) is 3.01. The highest BCUT2D eigenvalue weighted by atomic mass is 32.1. The zero-order valence-electron chi connectivity index (χ0n) is 11.5. The molecule has 0 fully saturated rings. The molecular weight excluding hydrogens is 358 g/mol. The van der Waals surface area contributed by atoms with Gasteiger partial charge >= 0.3 is 0 Å². The molecule has 0 bridgehead atoms. The van der Waals surface area contributed by atoms with Crippen LogP contribution in [0, 0.1) is 6.92 Å². The van der Waals surface area contributed by atoms with Gasteiger partial charge in [-0.1, -0.05) is 6.07 Å². The second-order valence-electron chi connectivity index (χ2n) is 4.27. The minimum atomic E-state index is -2.43. The Labute approximate surface area is 135 Å². The second kappa shape index (κ2) is 7.18. The molecule has 2 heterocycles. The molecule has 0 nitrogen and oxygen atoms in total. The number of hydrogen-bond acceptors (Lipinski definition) is 2. The number of rotatable bonds is 4. The number of aryl methyl sites for hydroxylation is 1. The Morgan fingerprint density at radius 3 is 1.74 bits per heavy atom. The van der Waals surface area contributed by atoms with Crippen LogP contribution in [0.15, 0.2) is 53.0 Å². The molecule has 2 rings (SSSR count). The lowest BCUT2D eigenvalue weighted by Gasteiger charge is -2.01. The van der Waals surface area contributed by atoms with E-state index in [1.165, 1.54) is 23.6 Å². The van der Waals surface area contributed by atoms with Gasteiger partial charge in [-0.25, -0.2) is 26.3 Å². The first kappa shape index (κ1) is 17.6. The molecule has 23 heavy (non-hydrogen) atoms. The Bertz CT molecular complexity index is 796. The fraction of sp³-hybridized carbons (Fsp3) is 0.0667. The maximum atomic E-state index is 13.7. The summed E-state index contributed by atoms with van der Waals surface area (Å²) in [6.45, 7) is 1.60. The summed E-state index contributed by atoms with van der Waals surface area (Å²) in [5, 5.41) is 1.39. The predicted octanol–water partition coefficient (Wildman–Crippen LogP) is 7.18. The molecule has 0 radical (unpaired) electrons. The van der Waals surface area contributed by atoms with E-state index in [0.29, 0.717) is 4.88 Å². The first-order valence-electron chi connectivity index (χ1n) is 6.10. The largest absolute Gasteiger partial charge is 0.202 e. The minimum absolute atomic E-state index is 0.286. The number of allylic oxidation sites excluding steroid dienone is 4. The molecule has 0 aliphatic carbocycles. The third-order valence-corrected chi connectivity index (χ3v) is 4.51. The number of thiophene rings is 2. The average molecular weight is 366 g/mol. The highest BCUT2D eigenvalue weighted by molar-refractivity contribution is 7.13. The standard InChI is InChI=1S/C15H8F6S2/c1-7-4-5-9(23-7)11(17)13(19)15(21)14(20)12(18)10(16)8-3-2-6-22-8/h2-6H,1H3/b12-10+,13-11-,15-14+. The van der Waals surface area contributed by atoms with E-state index in [1.54, 1.807) is 6.92 Å². The Hall–Kier alpha value is -1.80. The Kier molecular flexibility index (Phi) is 5.48. The van der Waals surface area contributed by atoms with Crippen LogP contribution in [0.25, 0.3) is 11.7 Å². The van der Waals surface area contributed by atoms with E-state index in [9.17, 15) is 26.3 Å². The van der Waals surface area contributed by atoms with Crippen molar-refractivity contribution in [2.75, 3.05) is 0 Å². The van der Waals surface area contributed by atoms with E-state index in [4.69, 9.17) is 0 Å². The topological polar surface area (TPSA) is 0 Å². The molecule has 0 aliphatic heterocycles. The monoisotopic (exact) mass is 366 g/mol. The highest BCUT2D eigenvalue weighted by Crippen LogP contribution is 2.37. The van der Waals surface area contributed by atoms with Gasteiger partial charge < -0.3 is 0 Å². The van der Waals surface area contributed by atoms with E-state index >= 15 is 0 Å². The van der Waals surface area contributed by atoms with Crippen LogP contribution in [-0.2, 0) is 0 Å². The predicted molar refractivity (Wildman–Crippen MR) is 80.9 cm³/mol. The molecule has 0 saturated carbocycles. The molecule has 0 N–H and O–H groups in total. The Balaban J connectivity index is 2.45. The van der Waals surface area contributed by atoms with Gasteiger partial charge in [0.05, 0.1) is 9.75 Å². The first-order chi connectivity index (χ1) is 10.8.